The molecule has 0 aromatic heterocycles. The van der Waals surface area contributed by atoms with Crippen LogP contribution >= 0.6 is 0 Å². The Hall–Kier alpha value is -2.04. The molecule has 5 heteroatoms. The fraction of sp³-hybridized carbons (Fsp3) is 0.556. The van der Waals surface area contributed by atoms with E-state index < -0.39 is 0 Å². The summed E-state index contributed by atoms with van der Waals surface area (Å²) in [5.74, 6) is 0.502. The number of rotatable bonds is 5. The first kappa shape index (κ1) is 15.8. The lowest BCUT2D eigenvalue weighted by Crippen LogP contribution is -2.43. The lowest BCUT2D eigenvalue weighted by Gasteiger charge is -2.32. The molecule has 3 rings (SSSR count). The quantitative estimate of drug-likeness (QED) is 0.908. The van der Waals surface area contributed by atoms with E-state index in [9.17, 15) is 9.59 Å². The van der Waals surface area contributed by atoms with Gasteiger partial charge in [-0.15, -0.1) is 0 Å². The van der Waals surface area contributed by atoms with Gasteiger partial charge < -0.3 is 10.2 Å². The third-order valence-electron chi connectivity index (χ3n) is 4.84. The second-order valence-corrected chi connectivity index (χ2v) is 6.86. The molecule has 3 amide bonds. The second kappa shape index (κ2) is 6.22. The molecule has 1 aliphatic heterocycles. The number of hydrogen-bond acceptors (Lipinski definition) is 2. The van der Waals surface area contributed by atoms with Gasteiger partial charge in [0.2, 0.25) is 0 Å². The molecule has 5 nitrogen and oxygen atoms in total. The topological polar surface area (TPSA) is 52.7 Å². The van der Waals surface area contributed by atoms with Crippen molar-refractivity contribution in [2.24, 2.45) is 5.92 Å². The highest BCUT2D eigenvalue weighted by Gasteiger charge is 2.37. The Kier molecular flexibility index (Phi) is 4.28. The maximum Gasteiger partial charge on any atom is 0.321 e. The van der Waals surface area contributed by atoms with Crippen LogP contribution in [0.15, 0.2) is 24.3 Å². The van der Waals surface area contributed by atoms with Crippen LogP contribution in [0.1, 0.15) is 44.0 Å². The predicted molar refractivity (Wildman–Crippen MR) is 90.7 cm³/mol. The molecule has 1 N–H and O–H groups in total. The maximum atomic E-state index is 13.0. The molecule has 124 valence electrons. The van der Waals surface area contributed by atoms with Crippen molar-refractivity contribution < 1.29 is 9.59 Å². The molecular weight excluding hydrogens is 290 g/mol. The number of carbonyl (C=O) groups excluding carboxylic acids is 2. The average molecular weight is 315 g/mol. The molecule has 0 bridgehead atoms. The van der Waals surface area contributed by atoms with Gasteiger partial charge in [-0.2, -0.15) is 0 Å². The predicted octanol–water partition coefficient (Wildman–Crippen LogP) is 2.87. The van der Waals surface area contributed by atoms with Gasteiger partial charge in [-0.25, -0.2) is 4.79 Å². The number of benzene rings is 1. The molecule has 1 saturated heterocycles. The second-order valence-electron chi connectivity index (χ2n) is 6.86. The molecule has 1 aromatic rings. The van der Waals surface area contributed by atoms with Gasteiger partial charge in [-0.05, 0) is 43.9 Å². The minimum Gasteiger partial charge on any atom is -0.336 e. The lowest BCUT2D eigenvalue weighted by atomic mass is 10.0. The average Bonchev–Trinajstić information content (AvgIpc) is 3.27. The largest absolute Gasteiger partial charge is 0.336 e. The van der Waals surface area contributed by atoms with Crippen LogP contribution in [0.5, 0.6) is 0 Å². The normalized spacial score (nSPS) is 19.0. The van der Waals surface area contributed by atoms with Gasteiger partial charge in [0, 0.05) is 36.4 Å². The van der Waals surface area contributed by atoms with Crippen molar-refractivity contribution in [3.63, 3.8) is 0 Å². The summed E-state index contributed by atoms with van der Waals surface area (Å²) in [4.78, 5) is 28.6. The van der Waals surface area contributed by atoms with Crippen LogP contribution in [-0.2, 0) is 0 Å². The SMILES string of the molecule is CC(C)[C@@H](C)N(C(=O)c1cccc(N2CCNC2=O)c1)C1CC1. The fourth-order valence-electron chi connectivity index (χ4n) is 3.03. The minimum atomic E-state index is -0.0933. The number of amides is 3. The van der Waals surface area contributed by atoms with E-state index in [0.29, 0.717) is 30.6 Å². The van der Waals surface area contributed by atoms with Crippen LogP contribution in [0.2, 0.25) is 0 Å². The number of anilines is 1. The highest BCUT2D eigenvalue weighted by molar-refractivity contribution is 5.98. The van der Waals surface area contributed by atoms with Crippen molar-refractivity contribution in [3.05, 3.63) is 29.8 Å². The Bertz CT molecular complexity index is 610. The molecule has 1 atom stereocenters. The molecule has 1 aromatic carbocycles. The first-order valence-electron chi connectivity index (χ1n) is 8.47. The van der Waals surface area contributed by atoms with Gasteiger partial charge in [-0.1, -0.05) is 19.9 Å². The third-order valence-corrected chi connectivity index (χ3v) is 4.84. The molecule has 2 aliphatic rings. The summed E-state index contributed by atoms with van der Waals surface area (Å²) in [6.07, 6.45) is 2.19. The van der Waals surface area contributed by atoms with E-state index in [-0.39, 0.29) is 18.0 Å². The van der Waals surface area contributed by atoms with E-state index in [2.05, 4.69) is 26.1 Å². The van der Waals surface area contributed by atoms with E-state index in [0.717, 1.165) is 18.5 Å². The third kappa shape index (κ3) is 3.19. The number of nitrogens with one attached hydrogen (secondary N) is 1. The summed E-state index contributed by atoms with van der Waals surface area (Å²) in [5, 5.41) is 2.79. The lowest BCUT2D eigenvalue weighted by molar-refractivity contribution is 0.0628. The van der Waals surface area contributed by atoms with Gasteiger partial charge >= 0.3 is 6.03 Å². The van der Waals surface area contributed by atoms with Crippen molar-refractivity contribution in [1.82, 2.24) is 10.2 Å². The summed E-state index contributed by atoms with van der Waals surface area (Å²) in [7, 11) is 0. The van der Waals surface area contributed by atoms with Crippen LogP contribution in [0.3, 0.4) is 0 Å². The molecular formula is C18H25N3O2. The van der Waals surface area contributed by atoms with Crippen molar-refractivity contribution in [3.8, 4) is 0 Å². The molecule has 1 aliphatic carbocycles. The Morgan fingerprint density at radius 2 is 2.04 bits per heavy atom. The molecule has 1 heterocycles. The minimum absolute atomic E-state index is 0.0788. The first-order valence-corrected chi connectivity index (χ1v) is 8.47. The molecule has 1 saturated carbocycles. The van der Waals surface area contributed by atoms with E-state index in [4.69, 9.17) is 0 Å². The smallest absolute Gasteiger partial charge is 0.321 e. The highest BCUT2D eigenvalue weighted by atomic mass is 16.2. The van der Waals surface area contributed by atoms with Crippen LogP contribution in [-0.4, -0.2) is 42.0 Å². The van der Waals surface area contributed by atoms with Crippen LogP contribution < -0.4 is 10.2 Å². The maximum absolute atomic E-state index is 13.0. The summed E-state index contributed by atoms with van der Waals surface area (Å²) in [6, 6.07) is 7.93. The zero-order chi connectivity index (χ0) is 16.6. The Balaban J connectivity index is 1.85. The van der Waals surface area contributed by atoms with Crippen LogP contribution in [0.4, 0.5) is 10.5 Å². The van der Waals surface area contributed by atoms with Crippen LogP contribution in [0, 0.1) is 5.92 Å². The zero-order valence-electron chi connectivity index (χ0n) is 14.1. The fourth-order valence-corrected chi connectivity index (χ4v) is 3.03. The van der Waals surface area contributed by atoms with E-state index in [1.807, 2.05) is 29.2 Å². The summed E-state index contributed by atoms with van der Waals surface area (Å²) < 4.78 is 0. The summed E-state index contributed by atoms with van der Waals surface area (Å²) in [5.41, 5.74) is 1.46. The molecule has 0 radical (unpaired) electrons. The number of hydrogen-bond donors (Lipinski definition) is 1. The number of carbonyl (C=O) groups is 2. The zero-order valence-corrected chi connectivity index (χ0v) is 14.1. The van der Waals surface area contributed by atoms with E-state index in [1.54, 1.807) is 4.90 Å². The Morgan fingerprint density at radius 1 is 1.30 bits per heavy atom. The van der Waals surface area contributed by atoms with Crippen molar-refractivity contribution >= 4 is 17.6 Å². The Labute approximate surface area is 137 Å². The van der Waals surface area contributed by atoms with Gasteiger partial charge in [0.1, 0.15) is 0 Å². The number of nitrogens with zero attached hydrogens (tertiary/aromatic N) is 2. The first-order chi connectivity index (χ1) is 11.0. The Morgan fingerprint density at radius 3 is 2.61 bits per heavy atom. The standard InChI is InChI=1S/C18H25N3O2/c1-12(2)13(3)21(15-7-8-15)17(22)14-5-4-6-16(11-14)20-10-9-19-18(20)23/h4-6,11-13,15H,7-10H2,1-3H3,(H,19,23)/t13-/m1/s1. The van der Waals surface area contributed by atoms with Gasteiger partial charge in [0.05, 0.1) is 0 Å². The summed E-state index contributed by atoms with van der Waals surface area (Å²) >= 11 is 0. The molecule has 0 spiro atoms. The summed E-state index contributed by atoms with van der Waals surface area (Å²) in [6.45, 7) is 7.72. The molecule has 2 fully saturated rings. The molecule has 0 unspecified atom stereocenters. The highest BCUT2D eigenvalue weighted by Crippen LogP contribution is 2.32. The van der Waals surface area contributed by atoms with Crippen molar-refractivity contribution in [2.45, 2.75) is 45.7 Å². The van der Waals surface area contributed by atoms with Crippen LogP contribution in [0.25, 0.3) is 0 Å². The van der Waals surface area contributed by atoms with Gasteiger partial charge in [-0.3, -0.25) is 9.69 Å². The van der Waals surface area contributed by atoms with Crippen molar-refractivity contribution in [2.75, 3.05) is 18.0 Å². The molecule has 23 heavy (non-hydrogen) atoms. The van der Waals surface area contributed by atoms with E-state index >= 15 is 0 Å². The monoisotopic (exact) mass is 315 g/mol. The number of urea groups is 1. The van der Waals surface area contributed by atoms with Gasteiger partial charge in [0.25, 0.3) is 5.91 Å². The van der Waals surface area contributed by atoms with Crippen molar-refractivity contribution in [1.29, 1.82) is 0 Å². The van der Waals surface area contributed by atoms with E-state index in [1.165, 1.54) is 0 Å². The van der Waals surface area contributed by atoms with Gasteiger partial charge in [0.15, 0.2) is 0 Å².